The minimum absolute atomic E-state index is 0. The lowest BCUT2D eigenvalue weighted by molar-refractivity contribution is -0.117. The fraction of sp³-hybridized carbons (Fsp3) is 0.483. The Morgan fingerprint density at radius 2 is 1.97 bits per heavy atom. The third kappa shape index (κ3) is 5.30. The molecule has 3 aromatic rings. The zero-order chi connectivity index (χ0) is 25.4. The van der Waals surface area contributed by atoms with Crippen molar-refractivity contribution in [2.24, 2.45) is 11.8 Å². The summed E-state index contributed by atoms with van der Waals surface area (Å²) < 4.78 is 2.29. The Labute approximate surface area is 223 Å². The molecule has 0 aliphatic heterocycles. The monoisotopic (exact) mass is 519 g/mol. The van der Waals surface area contributed by atoms with Gasteiger partial charge in [0.1, 0.15) is 5.00 Å². The topological polar surface area (TPSA) is 79.3 Å². The molecule has 2 fully saturated rings. The number of amides is 2. The highest BCUT2D eigenvalue weighted by molar-refractivity contribution is 7.17. The largest absolute Gasteiger partial charge is 0.352 e. The first-order valence-corrected chi connectivity index (χ1v) is 14.5. The highest BCUT2D eigenvalue weighted by atomic mass is 32.1. The van der Waals surface area contributed by atoms with E-state index in [1.807, 2.05) is 12.3 Å². The highest BCUT2D eigenvalue weighted by Gasteiger charge is 2.35. The van der Waals surface area contributed by atoms with Crippen molar-refractivity contribution in [1.29, 1.82) is 0 Å². The van der Waals surface area contributed by atoms with E-state index in [2.05, 4.69) is 57.5 Å². The van der Waals surface area contributed by atoms with E-state index >= 15 is 0 Å². The molecule has 8 heteroatoms. The molecule has 196 valence electrons. The number of carbonyl (C=O) groups is 2. The molecule has 2 N–H and O–H groups in total. The Balaban J connectivity index is 0.00000294. The number of fused-ring (bicyclic) bond motifs is 1. The number of anilines is 2. The number of aromatic nitrogens is 2. The number of rotatable bonds is 10. The van der Waals surface area contributed by atoms with Crippen molar-refractivity contribution >= 4 is 34.1 Å². The average molecular weight is 520 g/mol. The molecule has 1 aromatic carbocycles. The Bertz CT molecular complexity index is 1280. The maximum absolute atomic E-state index is 13.4. The van der Waals surface area contributed by atoms with Gasteiger partial charge >= 0.3 is 0 Å². The van der Waals surface area contributed by atoms with Gasteiger partial charge in [0.05, 0.1) is 5.56 Å². The molecule has 37 heavy (non-hydrogen) atoms. The SMILES string of the molecule is CCN(Cc1ccccc1)c1nccn1[C@H]1CCc2sc(NC(=O)C3CC3)c(C(=O)NCC3CC3)c2C1.[HH]. The van der Waals surface area contributed by atoms with Crippen molar-refractivity contribution < 1.29 is 11.0 Å². The zero-order valence-corrected chi connectivity index (χ0v) is 22.2. The van der Waals surface area contributed by atoms with Crippen molar-refractivity contribution in [3.05, 3.63) is 64.3 Å². The maximum atomic E-state index is 13.4. The molecular formula is C29H37N5O2S. The second kappa shape index (κ2) is 10.3. The van der Waals surface area contributed by atoms with Gasteiger partial charge in [0.2, 0.25) is 11.9 Å². The number of hydrogen-bond acceptors (Lipinski definition) is 5. The first-order valence-electron chi connectivity index (χ1n) is 13.7. The zero-order valence-electron chi connectivity index (χ0n) is 21.4. The van der Waals surface area contributed by atoms with Gasteiger partial charge in [-0.15, -0.1) is 11.3 Å². The molecule has 2 saturated carbocycles. The van der Waals surface area contributed by atoms with Crippen LogP contribution in [-0.2, 0) is 24.2 Å². The van der Waals surface area contributed by atoms with Crippen LogP contribution in [0.25, 0.3) is 0 Å². The smallest absolute Gasteiger partial charge is 0.254 e. The van der Waals surface area contributed by atoms with Crippen LogP contribution in [-0.4, -0.2) is 34.5 Å². The van der Waals surface area contributed by atoms with E-state index in [1.54, 1.807) is 11.3 Å². The quantitative estimate of drug-likeness (QED) is 0.374. The highest BCUT2D eigenvalue weighted by Crippen LogP contribution is 2.43. The summed E-state index contributed by atoms with van der Waals surface area (Å²) in [7, 11) is 0. The predicted octanol–water partition coefficient (Wildman–Crippen LogP) is 5.44. The van der Waals surface area contributed by atoms with E-state index in [9.17, 15) is 9.59 Å². The average Bonchev–Trinajstić information content (AvgIpc) is 3.85. The summed E-state index contributed by atoms with van der Waals surface area (Å²) >= 11 is 1.60. The van der Waals surface area contributed by atoms with Crippen molar-refractivity contribution in [2.45, 2.75) is 64.5 Å². The first-order chi connectivity index (χ1) is 18.1. The number of nitrogens with zero attached hydrogens (tertiary/aromatic N) is 3. The van der Waals surface area contributed by atoms with Gasteiger partial charge in [-0.2, -0.15) is 0 Å². The first kappa shape index (κ1) is 24.2. The van der Waals surface area contributed by atoms with Gasteiger partial charge in [-0.05, 0) is 68.9 Å². The number of carbonyl (C=O) groups excluding carboxylic acids is 2. The lowest BCUT2D eigenvalue weighted by Crippen LogP contribution is -2.30. The van der Waals surface area contributed by atoms with Gasteiger partial charge in [-0.25, -0.2) is 4.98 Å². The summed E-state index contributed by atoms with van der Waals surface area (Å²) in [5.74, 6) is 1.70. The molecule has 0 unspecified atom stereocenters. The summed E-state index contributed by atoms with van der Waals surface area (Å²) in [6.07, 6.45) is 10.9. The normalized spacial score (nSPS) is 18.8. The van der Waals surface area contributed by atoms with Gasteiger partial charge in [-0.3, -0.25) is 9.59 Å². The number of hydrogen-bond donors (Lipinski definition) is 2. The molecule has 0 radical (unpaired) electrons. The summed E-state index contributed by atoms with van der Waals surface area (Å²) in [6.45, 7) is 4.54. The Kier molecular flexibility index (Phi) is 6.76. The van der Waals surface area contributed by atoms with Gasteiger partial charge < -0.3 is 20.1 Å². The Morgan fingerprint density at radius 3 is 2.70 bits per heavy atom. The van der Waals surface area contributed by atoms with Gasteiger partial charge in [0.25, 0.3) is 5.91 Å². The molecule has 2 aromatic heterocycles. The molecule has 6 rings (SSSR count). The second-order valence-electron chi connectivity index (χ2n) is 10.7. The maximum Gasteiger partial charge on any atom is 0.254 e. The molecule has 2 amide bonds. The standard InChI is InChI=1S/C29H35N5O2S.H2/c1-2-33(18-20-6-4-3-5-7-20)29-30-14-15-34(29)22-12-13-24-23(16-22)25(27(36)31-17-19-8-9-19)28(37-24)32-26(35)21-10-11-21;/h3-7,14-15,19,21-22H,2,8-13,16-18H2,1H3,(H,31,36)(H,32,35);1H/t22-;/m0./s1. The molecule has 0 saturated heterocycles. The third-order valence-electron chi connectivity index (χ3n) is 7.82. The Hall–Kier alpha value is -3.13. The van der Waals surface area contributed by atoms with E-state index in [0.717, 1.165) is 68.3 Å². The van der Waals surface area contributed by atoms with Crippen LogP contribution < -0.4 is 15.5 Å². The Morgan fingerprint density at radius 1 is 1.16 bits per heavy atom. The fourth-order valence-electron chi connectivity index (χ4n) is 5.30. The van der Waals surface area contributed by atoms with Crippen LogP contribution in [0.4, 0.5) is 10.9 Å². The van der Waals surface area contributed by atoms with Crippen LogP contribution in [0.2, 0.25) is 0 Å². The minimum Gasteiger partial charge on any atom is -0.352 e. The number of benzene rings is 1. The van der Waals surface area contributed by atoms with Crippen molar-refractivity contribution in [1.82, 2.24) is 14.9 Å². The lowest BCUT2D eigenvalue weighted by Gasteiger charge is -2.30. The van der Waals surface area contributed by atoms with E-state index in [-0.39, 0.29) is 25.2 Å². The molecule has 0 bridgehead atoms. The van der Waals surface area contributed by atoms with Crippen molar-refractivity contribution in [2.75, 3.05) is 23.3 Å². The molecular weight excluding hydrogens is 482 g/mol. The van der Waals surface area contributed by atoms with Crippen LogP contribution in [0.1, 0.15) is 72.9 Å². The summed E-state index contributed by atoms with van der Waals surface area (Å²) in [5.41, 5.74) is 3.05. The molecule has 0 spiro atoms. The number of nitrogens with one attached hydrogen (secondary N) is 2. The van der Waals surface area contributed by atoms with Gasteiger partial charge in [0.15, 0.2) is 0 Å². The predicted molar refractivity (Wildman–Crippen MR) is 149 cm³/mol. The van der Waals surface area contributed by atoms with E-state index in [1.165, 1.54) is 23.3 Å². The molecule has 2 heterocycles. The van der Waals surface area contributed by atoms with Crippen LogP contribution in [0, 0.1) is 11.8 Å². The number of aryl methyl sites for hydroxylation is 1. The molecule has 3 aliphatic carbocycles. The number of thiophene rings is 1. The van der Waals surface area contributed by atoms with Crippen LogP contribution >= 0.6 is 11.3 Å². The van der Waals surface area contributed by atoms with Crippen LogP contribution in [0.15, 0.2) is 42.7 Å². The third-order valence-corrected chi connectivity index (χ3v) is 9.02. The van der Waals surface area contributed by atoms with E-state index in [4.69, 9.17) is 4.98 Å². The fourth-order valence-corrected chi connectivity index (χ4v) is 6.55. The van der Waals surface area contributed by atoms with Crippen molar-refractivity contribution in [3.8, 4) is 0 Å². The second-order valence-corrected chi connectivity index (χ2v) is 11.8. The van der Waals surface area contributed by atoms with E-state index < -0.39 is 0 Å². The molecule has 3 aliphatic rings. The summed E-state index contributed by atoms with van der Waals surface area (Å²) in [4.78, 5) is 34.4. The lowest BCUT2D eigenvalue weighted by atomic mass is 9.91. The molecule has 1 atom stereocenters. The van der Waals surface area contributed by atoms with Crippen LogP contribution in [0.5, 0.6) is 0 Å². The summed E-state index contributed by atoms with van der Waals surface area (Å²) in [5, 5.41) is 7.02. The van der Waals surface area contributed by atoms with Crippen LogP contribution in [0.3, 0.4) is 0 Å². The number of imidazole rings is 1. The van der Waals surface area contributed by atoms with Crippen molar-refractivity contribution in [3.63, 3.8) is 0 Å². The summed E-state index contributed by atoms with van der Waals surface area (Å²) in [6, 6.07) is 10.7. The van der Waals surface area contributed by atoms with Gasteiger partial charge in [0, 0.05) is 50.3 Å². The van der Waals surface area contributed by atoms with E-state index in [0.29, 0.717) is 11.5 Å². The minimum atomic E-state index is -0.0405. The molecule has 7 nitrogen and oxygen atoms in total. The van der Waals surface area contributed by atoms with Gasteiger partial charge in [-0.1, -0.05) is 30.3 Å².